The van der Waals surface area contributed by atoms with Gasteiger partial charge in [0.05, 0.1) is 48.7 Å². The first-order valence-electron chi connectivity index (χ1n) is 9.07. The SMILES string of the molecule is COCCn1c(SCC(=O)N(CCC#N)Cc2ccco2)nc2cc(Cl)ccc21. The summed E-state index contributed by atoms with van der Waals surface area (Å²) >= 11 is 7.45. The van der Waals surface area contributed by atoms with E-state index >= 15 is 0 Å². The first-order chi connectivity index (χ1) is 14.1. The van der Waals surface area contributed by atoms with Crippen LogP contribution < -0.4 is 0 Å². The molecule has 0 atom stereocenters. The molecule has 0 bridgehead atoms. The number of hydrogen-bond donors (Lipinski definition) is 0. The van der Waals surface area contributed by atoms with Crippen LogP contribution in [-0.2, 0) is 22.6 Å². The maximum atomic E-state index is 12.8. The number of methoxy groups -OCH3 is 1. The molecular weight excluding hydrogens is 412 g/mol. The number of rotatable bonds is 10. The molecule has 1 amide bonds. The number of nitriles is 1. The van der Waals surface area contributed by atoms with E-state index < -0.39 is 0 Å². The lowest BCUT2D eigenvalue weighted by molar-refractivity contribution is -0.129. The normalized spacial score (nSPS) is 10.9. The Hall–Kier alpha value is -2.47. The molecule has 7 nitrogen and oxygen atoms in total. The smallest absolute Gasteiger partial charge is 0.233 e. The third kappa shape index (κ3) is 5.54. The van der Waals surface area contributed by atoms with E-state index in [1.807, 2.05) is 28.8 Å². The molecule has 0 aliphatic heterocycles. The fourth-order valence-corrected chi connectivity index (χ4v) is 3.98. The first kappa shape index (κ1) is 21.2. The summed E-state index contributed by atoms with van der Waals surface area (Å²) in [7, 11) is 1.65. The highest BCUT2D eigenvalue weighted by molar-refractivity contribution is 7.99. The Morgan fingerprint density at radius 1 is 1.45 bits per heavy atom. The molecule has 3 rings (SSSR count). The van der Waals surface area contributed by atoms with Gasteiger partial charge < -0.3 is 18.6 Å². The van der Waals surface area contributed by atoms with E-state index in [0.29, 0.717) is 37.0 Å². The fourth-order valence-electron chi connectivity index (χ4n) is 2.87. The number of amides is 1. The molecule has 2 aromatic heterocycles. The molecule has 1 aromatic carbocycles. The quantitative estimate of drug-likeness (QED) is 0.451. The largest absolute Gasteiger partial charge is 0.467 e. The highest BCUT2D eigenvalue weighted by Gasteiger charge is 2.18. The van der Waals surface area contributed by atoms with Gasteiger partial charge in [0.2, 0.25) is 5.91 Å². The Kier molecular flexibility index (Phi) is 7.58. The number of aromatic nitrogens is 2. The number of imidazole rings is 1. The van der Waals surface area contributed by atoms with E-state index in [0.717, 1.165) is 16.2 Å². The van der Waals surface area contributed by atoms with Crippen molar-refractivity contribution >= 4 is 40.3 Å². The van der Waals surface area contributed by atoms with Crippen molar-refractivity contribution in [2.75, 3.05) is 26.0 Å². The second kappa shape index (κ2) is 10.3. The van der Waals surface area contributed by atoms with Crippen LogP contribution in [0.2, 0.25) is 5.02 Å². The third-order valence-corrected chi connectivity index (χ3v) is 5.49. The van der Waals surface area contributed by atoms with Crippen molar-refractivity contribution in [3.8, 4) is 6.07 Å². The molecule has 0 spiro atoms. The van der Waals surface area contributed by atoms with Gasteiger partial charge >= 0.3 is 0 Å². The molecule has 2 heterocycles. The van der Waals surface area contributed by atoms with Crippen molar-refractivity contribution in [1.29, 1.82) is 5.26 Å². The number of fused-ring (bicyclic) bond motifs is 1. The van der Waals surface area contributed by atoms with Crippen molar-refractivity contribution < 1.29 is 13.9 Å². The lowest BCUT2D eigenvalue weighted by Gasteiger charge is -2.20. The number of thioether (sulfide) groups is 1. The zero-order chi connectivity index (χ0) is 20.6. The minimum Gasteiger partial charge on any atom is -0.467 e. The molecular formula is C20H21ClN4O3S. The first-order valence-corrected chi connectivity index (χ1v) is 10.4. The van der Waals surface area contributed by atoms with Crippen molar-refractivity contribution in [2.24, 2.45) is 0 Å². The highest BCUT2D eigenvalue weighted by Crippen LogP contribution is 2.26. The molecule has 0 radical (unpaired) electrons. The average Bonchev–Trinajstić information content (AvgIpc) is 3.34. The Morgan fingerprint density at radius 3 is 3.03 bits per heavy atom. The molecule has 152 valence electrons. The zero-order valence-electron chi connectivity index (χ0n) is 16.0. The minimum atomic E-state index is -0.0787. The minimum absolute atomic E-state index is 0.0787. The van der Waals surface area contributed by atoms with Gasteiger partial charge in [0.25, 0.3) is 0 Å². The van der Waals surface area contributed by atoms with Crippen LogP contribution in [0.4, 0.5) is 0 Å². The summed E-state index contributed by atoms with van der Waals surface area (Å²) in [4.78, 5) is 19.1. The fraction of sp³-hybridized carbons (Fsp3) is 0.350. The van der Waals surface area contributed by atoms with Crippen LogP contribution >= 0.6 is 23.4 Å². The number of carbonyl (C=O) groups is 1. The molecule has 0 saturated heterocycles. The van der Waals surface area contributed by atoms with Crippen LogP contribution in [0, 0.1) is 11.3 Å². The predicted octanol–water partition coefficient (Wildman–Crippen LogP) is 3.96. The van der Waals surface area contributed by atoms with Crippen LogP contribution in [0.25, 0.3) is 11.0 Å². The predicted molar refractivity (Wildman–Crippen MR) is 112 cm³/mol. The van der Waals surface area contributed by atoms with Crippen LogP contribution in [0.15, 0.2) is 46.2 Å². The highest BCUT2D eigenvalue weighted by atomic mass is 35.5. The van der Waals surface area contributed by atoms with E-state index in [2.05, 4.69) is 11.1 Å². The lowest BCUT2D eigenvalue weighted by Crippen LogP contribution is -2.32. The molecule has 0 N–H and O–H groups in total. The number of halogens is 1. The van der Waals surface area contributed by atoms with Gasteiger partial charge in [-0.3, -0.25) is 4.79 Å². The van der Waals surface area contributed by atoms with Crippen molar-refractivity contribution in [1.82, 2.24) is 14.5 Å². The van der Waals surface area contributed by atoms with Crippen LogP contribution in [-0.4, -0.2) is 46.4 Å². The number of nitrogens with zero attached hydrogens (tertiary/aromatic N) is 4. The summed E-state index contributed by atoms with van der Waals surface area (Å²) in [5.41, 5.74) is 1.72. The Balaban J connectivity index is 1.74. The summed E-state index contributed by atoms with van der Waals surface area (Å²) in [5, 5.41) is 10.2. The zero-order valence-corrected chi connectivity index (χ0v) is 17.6. The maximum Gasteiger partial charge on any atom is 0.233 e. The van der Waals surface area contributed by atoms with Crippen molar-refractivity contribution in [2.45, 2.75) is 24.7 Å². The van der Waals surface area contributed by atoms with E-state index in [1.165, 1.54) is 11.8 Å². The van der Waals surface area contributed by atoms with Crippen LogP contribution in [0.5, 0.6) is 0 Å². The van der Waals surface area contributed by atoms with Crippen LogP contribution in [0.1, 0.15) is 12.2 Å². The number of furan rings is 1. The number of ether oxygens (including phenoxy) is 1. The molecule has 0 aliphatic rings. The van der Waals surface area contributed by atoms with Gasteiger partial charge in [0.15, 0.2) is 5.16 Å². The lowest BCUT2D eigenvalue weighted by atomic mass is 10.3. The van der Waals surface area contributed by atoms with E-state index in [-0.39, 0.29) is 18.1 Å². The summed E-state index contributed by atoms with van der Waals surface area (Å²) in [5.74, 6) is 0.809. The summed E-state index contributed by atoms with van der Waals surface area (Å²) in [6.45, 7) is 1.84. The Labute approximate surface area is 178 Å². The standard InChI is InChI=1S/C20H21ClN4O3S/c1-27-11-9-25-18-6-5-15(21)12-17(18)23-20(25)29-14-19(26)24(8-3-7-22)13-16-4-2-10-28-16/h2,4-6,10,12H,3,8-9,11,13-14H2,1H3. The second-order valence-electron chi connectivity index (χ2n) is 6.26. The molecule has 3 aromatic rings. The Bertz CT molecular complexity index is 997. The van der Waals surface area contributed by atoms with Gasteiger partial charge in [-0.2, -0.15) is 5.26 Å². The molecule has 29 heavy (non-hydrogen) atoms. The molecule has 0 aliphatic carbocycles. The van der Waals surface area contributed by atoms with Gasteiger partial charge in [-0.1, -0.05) is 23.4 Å². The molecule has 9 heteroatoms. The van der Waals surface area contributed by atoms with Crippen molar-refractivity contribution in [3.63, 3.8) is 0 Å². The molecule has 0 fully saturated rings. The topological polar surface area (TPSA) is 84.3 Å². The van der Waals surface area contributed by atoms with Gasteiger partial charge in [-0.05, 0) is 30.3 Å². The van der Waals surface area contributed by atoms with Crippen molar-refractivity contribution in [3.05, 3.63) is 47.4 Å². The number of carbonyl (C=O) groups excluding carboxylic acids is 1. The Morgan fingerprint density at radius 2 is 2.31 bits per heavy atom. The second-order valence-corrected chi connectivity index (χ2v) is 7.64. The van der Waals surface area contributed by atoms with E-state index in [1.54, 1.807) is 24.3 Å². The van der Waals surface area contributed by atoms with E-state index in [4.69, 9.17) is 26.0 Å². The van der Waals surface area contributed by atoms with Gasteiger partial charge in [-0.15, -0.1) is 0 Å². The summed E-state index contributed by atoms with van der Waals surface area (Å²) in [6, 6.07) is 11.2. The van der Waals surface area contributed by atoms with Gasteiger partial charge in [-0.25, -0.2) is 4.98 Å². The molecule has 0 saturated carbocycles. The molecule has 0 unspecified atom stereocenters. The maximum absolute atomic E-state index is 12.8. The average molecular weight is 433 g/mol. The van der Waals surface area contributed by atoms with Gasteiger partial charge in [0.1, 0.15) is 5.76 Å². The summed E-state index contributed by atoms with van der Waals surface area (Å²) < 4.78 is 12.6. The third-order valence-electron chi connectivity index (χ3n) is 4.29. The van der Waals surface area contributed by atoms with Gasteiger partial charge in [0, 0.05) is 25.2 Å². The van der Waals surface area contributed by atoms with Crippen LogP contribution in [0.3, 0.4) is 0 Å². The number of hydrogen-bond acceptors (Lipinski definition) is 6. The summed E-state index contributed by atoms with van der Waals surface area (Å²) in [6.07, 6.45) is 1.84. The number of benzene rings is 1. The van der Waals surface area contributed by atoms with E-state index in [9.17, 15) is 4.79 Å². The monoisotopic (exact) mass is 432 g/mol.